The summed E-state index contributed by atoms with van der Waals surface area (Å²) in [5.74, 6) is -0.923. The van der Waals surface area contributed by atoms with Crippen LogP contribution in [0.25, 0.3) is 0 Å². The highest BCUT2D eigenvalue weighted by atomic mass is 31.2. The van der Waals surface area contributed by atoms with Crippen LogP contribution in [0.5, 0.6) is 0 Å². The molecule has 0 rings (SSSR count). The summed E-state index contributed by atoms with van der Waals surface area (Å²) >= 11 is 0. The molecule has 9 nitrogen and oxygen atoms in total. The molecule has 52 heavy (non-hydrogen) atoms. The Morgan fingerprint density at radius 1 is 0.596 bits per heavy atom. The summed E-state index contributed by atoms with van der Waals surface area (Å²) in [7, 11) is -2.68. The molecule has 0 spiro atoms. The van der Waals surface area contributed by atoms with Crippen LogP contribution < -0.4 is 5.32 Å². The van der Waals surface area contributed by atoms with E-state index in [1.54, 1.807) is 7.05 Å². The molecule has 0 aliphatic rings. The third kappa shape index (κ3) is 37.2. The zero-order valence-corrected chi connectivity index (χ0v) is 33.6. The van der Waals surface area contributed by atoms with Crippen LogP contribution in [0.1, 0.15) is 142 Å². The second-order valence-electron chi connectivity index (χ2n) is 12.8. The van der Waals surface area contributed by atoms with Gasteiger partial charge in [0.1, 0.15) is 6.61 Å². The van der Waals surface area contributed by atoms with Gasteiger partial charge in [0.05, 0.1) is 13.2 Å². The Hall–Kier alpha value is -2.55. The van der Waals surface area contributed by atoms with Crippen LogP contribution in [0.15, 0.2) is 72.9 Å². The molecule has 0 aromatic rings. The normalized spacial score (nSPS) is 14.2. The van der Waals surface area contributed by atoms with Crippen LogP contribution in [-0.2, 0) is 32.7 Å². The fourth-order valence-corrected chi connectivity index (χ4v) is 5.50. The Balaban J connectivity index is 4.40. The van der Waals surface area contributed by atoms with E-state index in [-0.39, 0.29) is 26.1 Å². The van der Waals surface area contributed by atoms with Crippen molar-refractivity contribution in [1.29, 1.82) is 0 Å². The minimum Gasteiger partial charge on any atom is -0.462 e. The maximum Gasteiger partial charge on any atom is 0.472 e. The van der Waals surface area contributed by atoms with Crippen LogP contribution >= 0.6 is 7.82 Å². The minimum absolute atomic E-state index is 0.0329. The lowest BCUT2D eigenvalue weighted by Gasteiger charge is -2.20. The van der Waals surface area contributed by atoms with Crippen molar-refractivity contribution < 1.29 is 37.6 Å². The van der Waals surface area contributed by atoms with Gasteiger partial charge < -0.3 is 19.7 Å². The van der Waals surface area contributed by atoms with Crippen molar-refractivity contribution in [1.82, 2.24) is 5.32 Å². The number of ether oxygens (including phenoxy) is 2. The number of nitrogens with one attached hydrogen (secondary N) is 1. The van der Waals surface area contributed by atoms with E-state index in [1.165, 1.54) is 38.5 Å². The number of unbranched alkanes of at least 4 members (excludes halogenated alkanes) is 10. The van der Waals surface area contributed by atoms with Crippen molar-refractivity contribution in [2.45, 2.75) is 148 Å². The second kappa shape index (κ2) is 38.2. The maximum absolute atomic E-state index is 12.5. The zero-order valence-electron chi connectivity index (χ0n) is 32.7. The van der Waals surface area contributed by atoms with Gasteiger partial charge in [0, 0.05) is 19.4 Å². The molecule has 10 heteroatoms. The molecule has 0 fully saturated rings. The first-order chi connectivity index (χ1) is 25.3. The van der Waals surface area contributed by atoms with Crippen molar-refractivity contribution in [2.24, 2.45) is 0 Å². The Bertz CT molecular complexity index is 1080. The van der Waals surface area contributed by atoms with E-state index >= 15 is 0 Å². The number of phosphoric acid groups is 1. The average Bonchev–Trinajstić information content (AvgIpc) is 3.12. The van der Waals surface area contributed by atoms with Gasteiger partial charge in [0.25, 0.3) is 0 Å². The monoisotopic (exact) mass is 749 g/mol. The Morgan fingerprint density at radius 3 is 1.69 bits per heavy atom. The third-order valence-corrected chi connectivity index (χ3v) is 8.80. The van der Waals surface area contributed by atoms with Crippen molar-refractivity contribution in [2.75, 3.05) is 33.4 Å². The SMILES string of the molecule is CCCC/C=C\CCCCCCCC(=O)OC(COC(=O)CC/C=C\C/C=C\C/C=C\C/C=C\C/C=C\CCCCC)COP(=O)(O)OCCNC. The minimum atomic E-state index is -4.36. The summed E-state index contributed by atoms with van der Waals surface area (Å²) in [6.07, 6.45) is 43.9. The molecule has 0 aliphatic carbocycles. The highest BCUT2D eigenvalue weighted by molar-refractivity contribution is 7.47. The van der Waals surface area contributed by atoms with E-state index in [0.717, 1.165) is 64.2 Å². The molecule has 0 amide bonds. The van der Waals surface area contributed by atoms with Crippen LogP contribution in [0.2, 0.25) is 0 Å². The van der Waals surface area contributed by atoms with Crippen molar-refractivity contribution >= 4 is 19.8 Å². The van der Waals surface area contributed by atoms with Crippen molar-refractivity contribution in [3.8, 4) is 0 Å². The third-order valence-electron chi connectivity index (χ3n) is 7.81. The predicted molar refractivity (Wildman–Crippen MR) is 215 cm³/mol. The first-order valence-electron chi connectivity index (χ1n) is 19.9. The number of phosphoric ester groups is 1. The molecule has 2 unspecified atom stereocenters. The number of carbonyl (C=O) groups is 2. The number of rotatable bonds is 36. The molecule has 0 aromatic carbocycles. The molecule has 2 atom stereocenters. The fraction of sp³-hybridized carbons (Fsp3) is 0.667. The Labute approximate surface area is 316 Å². The highest BCUT2D eigenvalue weighted by Crippen LogP contribution is 2.43. The summed E-state index contributed by atoms with van der Waals surface area (Å²) in [6, 6.07) is 0. The molecule has 0 bridgehead atoms. The molecule has 0 saturated heterocycles. The number of hydrogen-bond acceptors (Lipinski definition) is 8. The summed E-state index contributed by atoms with van der Waals surface area (Å²) in [6.45, 7) is 4.03. The van der Waals surface area contributed by atoms with Gasteiger partial charge in [-0.1, -0.05) is 132 Å². The summed E-state index contributed by atoms with van der Waals surface area (Å²) in [5, 5.41) is 2.81. The molecular formula is C42H72NO8P. The van der Waals surface area contributed by atoms with E-state index in [4.69, 9.17) is 18.5 Å². The van der Waals surface area contributed by atoms with E-state index < -0.39 is 32.5 Å². The number of hydrogen-bond donors (Lipinski definition) is 2. The standard InChI is InChI=1S/C42H72NO8P/c1-4-6-8-10-12-14-16-17-18-19-20-21-22-23-25-26-28-30-32-34-41(44)48-38-40(39-50-52(46,47)49-37-36-43-3)51-42(45)35-33-31-29-27-24-15-13-11-9-7-5-2/h11-14,17-18,20-21,23,25,28,30,40,43H,4-10,15-16,19,22,24,26-27,29,31-39H2,1-3H3,(H,46,47)/b13-11-,14-12-,18-17-,21-20-,25-23-,30-28-. The van der Waals surface area contributed by atoms with Gasteiger partial charge in [-0.2, -0.15) is 0 Å². The van der Waals surface area contributed by atoms with Crippen LogP contribution in [0, 0.1) is 0 Å². The predicted octanol–water partition coefficient (Wildman–Crippen LogP) is 11.0. The summed E-state index contributed by atoms with van der Waals surface area (Å²) in [5.41, 5.74) is 0. The quantitative estimate of drug-likeness (QED) is 0.0279. The van der Waals surface area contributed by atoms with Crippen molar-refractivity contribution in [3.05, 3.63) is 72.9 Å². The Kier molecular flexibility index (Phi) is 36.3. The van der Waals surface area contributed by atoms with Gasteiger partial charge >= 0.3 is 19.8 Å². The van der Waals surface area contributed by atoms with Gasteiger partial charge in [-0.25, -0.2) is 4.57 Å². The maximum atomic E-state index is 12.5. The lowest BCUT2D eigenvalue weighted by atomic mass is 10.1. The molecule has 0 heterocycles. The zero-order chi connectivity index (χ0) is 38.2. The molecule has 0 aliphatic heterocycles. The van der Waals surface area contributed by atoms with E-state index in [2.05, 4.69) is 79.9 Å². The number of esters is 2. The van der Waals surface area contributed by atoms with E-state index in [9.17, 15) is 19.0 Å². The van der Waals surface area contributed by atoms with E-state index in [0.29, 0.717) is 19.4 Å². The smallest absolute Gasteiger partial charge is 0.462 e. The number of likely N-dealkylation sites (N-methyl/N-ethyl adjacent to an activating group) is 1. The summed E-state index contributed by atoms with van der Waals surface area (Å²) in [4.78, 5) is 34.9. The first kappa shape index (κ1) is 49.5. The summed E-state index contributed by atoms with van der Waals surface area (Å²) < 4.78 is 33.0. The topological polar surface area (TPSA) is 120 Å². The highest BCUT2D eigenvalue weighted by Gasteiger charge is 2.26. The van der Waals surface area contributed by atoms with Crippen molar-refractivity contribution in [3.63, 3.8) is 0 Å². The van der Waals surface area contributed by atoms with Gasteiger partial charge in [-0.15, -0.1) is 0 Å². The molecule has 0 saturated carbocycles. The average molecular weight is 750 g/mol. The lowest BCUT2D eigenvalue weighted by Crippen LogP contribution is -2.29. The molecule has 0 aromatic heterocycles. The molecule has 0 radical (unpaired) electrons. The van der Waals surface area contributed by atoms with E-state index in [1.807, 2.05) is 12.2 Å². The van der Waals surface area contributed by atoms with Gasteiger partial charge in [0.15, 0.2) is 6.10 Å². The van der Waals surface area contributed by atoms with Gasteiger partial charge in [-0.05, 0) is 77.7 Å². The second-order valence-corrected chi connectivity index (χ2v) is 14.2. The number of carbonyl (C=O) groups excluding carboxylic acids is 2. The van der Waals surface area contributed by atoms with Crippen LogP contribution in [0.3, 0.4) is 0 Å². The lowest BCUT2D eigenvalue weighted by molar-refractivity contribution is -0.161. The van der Waals surface area contributed by atoms with Gasteiger partial charge in [-0.3, -0.25) is 18.6 Å². The number of allylic oxidation sites excluding steroid dienone is 12. The van der Waals surface area contributed by atoms with Crippen LogP contribution in [0.4, 0.5) is 0 Å². The molecule has 298 valence electrons. The molecular weight excluding hydrogens is 677 g/mol. The Morgan fingerprint density at radius 2 is 1.10 bits per heavy atom. The fourth-order valence-electron chi connectivity index (χ4n) is 4.75. The van der Waals surface area contributed by atoms with Gasteiger partial charge in [0.2, 0.25) is 0 Å². The first-order valence-corrected chi connectivity index (χ1v) is 21.4. The molecule has 2 N–H and O–H groups in total. The van der Waals surface area contributed by atoms with Crippen LogP contribution in [-0.4, -0.2) is 56.3 Å². The largest absolute Gasteiger partial charge is 0.472 e.